The van der Waals surface area contributed by atoms with E-state index in [-0.39, 0.29) is 35.8 Å². The topological polar surface area (TPSA) is 117 Å². The first-order valence-corrected chi connectivity index (χ1v) is 12.8. The number of carbonyl (C=O) groups is 2. The van der Waals surface area contributed by atoms with Gasteiger partial charge < -0.3 is 19.9 Å². The molecule has 2 amide bonds. The van der Waals surface area contributed by atoms with E-state index >= 15 is 0 Å². The molecule has 3 aliphatic rings. The molecule has 2 fully saturated rings. The average molecular weight is 500 g/mol. The molecule has 0 spiro atoms. The van der Waals surface area contributed by atoms with Crippen LogP contribution in [0, 0.1) is 17.8 Å². The Bertz CT molecular complexity index is 1370. The highest BCUT2D eigenvalue weighted by atomic mass is 16.3. The molecule has 4 atom stereocenters. The zero-order chi connectivity index (χ0) is 25.5. The van der Waals surface area contributed by atoms with Crippen molar-refractivity contribution in [3.05, 3.63) is 82.8 Å². The van der Waals surface area contributed by atoms with Gasteiger partial charge in [0, 0.05) is 73.5 Å². The van der Waals surface area contributed by atoms with Gasteiger partial charge in [0.05, 0.1) is 6.04 Å². The van der Waals surface area contributed by atoms with Crippen molar-refractivity contribution >= 4 is 11.8 Å². The number of nitrogens with zero attached hydrogens (tertiary/aromatic N) is 4. The molecule has 9 nitrogen and oxygen atoms in total. The number of carbonyl (C=O) groups excluding carboxylic acids is 2. The van der Waals surface area contributed by atoms with Crippen molar-refractivity contribution in [2.75, 3.05) is 13.2 Å². The van der Waals surface area contributed by atoms with Crippen LogP contribution in [0.5, 0.6) is 0 Å². The molecule has 1 aliphatic carbocycles. The van der Waals surface area contributed by atoms with Gasteiger partial charge in [-0.3, -0.25) is 24.4 Å². The predicted octanol–water partition coefficient (Wildman–Crippen LogP) is 1.56. The van der Waals surface area contributed by atoms with E-state index in [1.807, 2.05) is 18.2 Å². The van der Waals surface area contributed by atoms with E-state index in [1.165, 1.54) is 0 Å². The third kappa shape index (κ3) is 4.13. The molecule has 1 saturated heterocycles. The smallest absolute Gasteiger partial charge is 0.258 e. The first-order valence-electron chi connectivity index (χ1n) is 12.8. The summed E-state index contributed by atoms with van der Waals surface area (Å²) in [7, 11) is 0. The van der Waals surface area contributed by atoms with E-state index in [9.17, 15) is 19.5 Å². The maximum atomic E-state index is 13.6. The van der Waals surface area contributed by atoms with E-state index in [1.54, 1.807) is 52.5 Å². The van der Waals surface area contributed by atoms with E-state index in [2.05, 4.69) is 15.3 Å². The Morgan fingerprint density at radius 2 is 1.70 bits per heavy atom. The number of likely N-dealkylation sites (tertiary alicyclic amines) is 1. The van der Waals surface area contributed by atoms with Crippen LogP contribution in [0.1, 0.15) is 30.1 Å². The summed E-state index contributed by atoms with van der Waals surface area (Å²) in [5, 5.41) is 13.4. The Morgan fingerprint density at radius 3 is 2.38 bits per heavy atom. The van der Waals surface area contributed by atoms with Gasteiger partial charge in [0.25, 0.3) is 5.56 Å². The quantitative estimate of drug-likeness (QED) is 0.510. The van der Waals surface area contributed by atoms with Gasteiger partial charge in [0.15, 0.2) is 0 Å². The highest BCUT2D eigenvalue weighted by molar-refractivity contribution is 5.91. The number of aliphatic hydroxyl groups is 1. The molecule has 1 saturated carbocycles. The van der Waals surface area contributed by atoms with Crippen LogP contribution in [-0.4, -0.2) is 55.5 Å². The molecule has 3 aromatic heterocycles. The van der Waals surface area contributed by atoms with Gasteiger partial charge in [-0.15, -0.1) is 0 Å². The summed E-state index contributed by atoms with van der Waals surface area (Å²) in [5.74, 6) is -1.08. The summed E-state index contributed by atoms with van der Waals surface area (Å²) in [6.07, 6.45) is 8.99. The predicted molar refractivity (Wildman–Crippen MR) is 135 cm³/mol. The van der Waals surface area contributed by atoms with Crippen LogP contribution in [0.25, 0.3) is 11.1 Å². The number of aliphatic hydroxyl groups excluding tert-OH is 1. The second-order valence-electron chi connectivity index (χ2n) is 10.1. The van der Waals surface area contributed by atoms with Crippen molar-refractivity contribution in [3.8, 4) is 11.1 Å². The monoisotopic (exact) mass is 499 g/mol. The highest BCUT2D eigenvalue weighted by Crippen LogP contribution is 2.51. The molecule has 0 bridgehead atoms. The first kappa shape index (κ1) is 23.5. The van der Waals surface area contributed by atoms with Gasteiger partial charge >= 0.3 is 0 Å². The fourth-order valence-electron chi connectivity index (χ4n) is 6.01. The minimum Gasteiger partial charge on any atom is -0.396 e. The fourth-order valence-corrected chi connectivity index (χ4v) is 6.01. The summed E-state index contributed by atoms with van der Waals surface area (Å²) in [4.78, 5) is 50.3. The molecule has 0 aromatic carbocycles. The number of pyridine rings is 3. The number of rotatable bonds is 7. The average Bonchev–Trinajstić information content (AvgIpc) is 3.63. The van der Waals surface area contributed by atoms with Crippen LogP contribution < -0.4 is 10.9 Å². The number of hydrogen-bond acceptors (Lipinski definition) is 6. The summed E-state index contributed by atoms with van der Waals surface area (Å²) >= 11 is 0. The van der Waals surface area contributed by atoms with Crippen LogP contribution in [0.15, 0.2) is 66.0 Å². The minimum absolute atomic E-state index is 0.0562. The van der Waals surface area contributed by atoms with Gasteiger partial charge in [-0.2, -0.15) is 0 Å². The molecular formula is C28H29N5O4. The zero-order valence-corrected chi connectivity index (χ0v) is 20.4. The maximum absolute atomic E-state index is 13.6. The number of fused-ring (bicyclic) bond motifs is 3. The summed E-state index contributed by atoms with van der Waals surface area (Å²) in [5.41, 5.74) is 3.00. The van der Waals surface area contributed by atoms with Gasteiger partial charge in [0.1, 0.15) is 6.04 Å². The second-order valence-corrected chi connectivity index (χ2v) is 10.1. The van der Waals surface area contributed by atoms with Crippen LogP contribution >= 0.6 is 0 Å². The van der Waals surface area contributed by atoms with E-state index in [4.69, 9.17) is 0 Å². The largest absolute Gasteiger partial charge is 0.396 e. The minimum atomic E-state index is -0.769. The van der Waals surface area contributed by atoms with Gasteiger partial charge in [-0.25, -0.2) is 0 Å². The zero-order valence-electron chi connectivity index (χ0n) is 20.4. The molecule has 2 aliphatic heterocycles. The van der Waals surface area contributed by atoms with Crippen molar-refractivity contribution in [2.45, 2.75) is 37.9 Å². The summed E-state index contributed by atoms with van der Waals surface area (Å²) < 4.78 is 1.72. The van der Waals surface area contributed by atoms with Gasteiger partial charge in [-0.05, 0) is 66.8 Å². The van der Waals surface area contributed by atoms with Crippen molar-refractivity contribution in [3.63, 3.8) is 0 Å². The molecule has 5 heterocycles. The first-order chi connectivity index (χ1) is 18.1. The van der Waals surface area contributed by atoms with Crippen molar-refractivity contribution in [1.82, 2.24) is 24.8 Å². The molecule has 0 unspecified atom stereocenters. The number of aromatic nitrogens is 3. The Labute approximate surface area is 214 Å². The van der Waals surface area contributed by atoms with E-state index in [0.717, 1.165) is 29.7 Å². The molecule has 0 radical (unpaired) electrons. The van der Waals surface area contributed by atoms with Crippen LogP contribution in [0.2, 0.25) is 0 Å². The lowest BCUT2D eigenvalue weighted by Gasteiger charge is -2.31. The Hall–Kier alpha value is -3.85. The third-order valence-corrected chi connectivity index (χ3v) is 7.98. The Kier molecular flexibility index (Phi) is 6.08. The van der Waals surface area contributed by atoms with E-state index < -0.39 is 18.0 Å². The molecule has 6 rings (SSSR count). The lowest BCUT2D eigenvalue weighted by atomic mass is 9.88. The van der Waals surface area contributed by atoms with Gasteiger partial charge in [-0.1, -0.05) is 0 Å². The fraction of sp³-hybridized carbons (Fsp3) is 0.393. The molecular weight excluding hydrogens is 470 g/mol. The molecule has 190 valence electrons. The third-order valence-electron chi connectivity index (χ3n) is 7.98. The molecule has 37 heavy (non-hydrogen) atoms. The van der Waals surface area contributed by atoms with Crippen LogP contribution in [0.4, 0.5) is 0 Å². The Balaban J connectivity index is 1.31. The Morgan fingerprint density at radius 1 is 1.00 bits per heavy atom. The summed E-state index contributed by atoms with van der Waals surface area (Å²) in [6.45, 7) is 0.542. The van der Waals surface area contributed by atoms with Crippen LogP contribution in [0.3, 0.4) is 0 Å². The number of hydrogen-bond donors (Lipinski definition) is 2. The lowest BCUT2D eigenvalue weighted by molar-refractivity contribution is -0.142. The molecule has 2 N–H and O–H groups in total. The number of amides is 2. The second kappa shape index (κ2) is 9.55. The molecule has 9 heteroatoms. The van der Waals surface area contributed by atoms with Gasteiger partial charge in [0.2, 0.25) is 11.8 Å². The summed E-state index contributed by atoms with van der Waals surface area (Å²) in [6, 6.07) is 9.90. The number of nitrogens with one attached hydrogen (secondary N) is 1. The SMILES string of the molecule is O=C(NCCc1ccncc1)[C@@H]1[C@@H](CO)[C@@H]2Cn3c(ccc(-c4ccncc4)c3=O)[C@@H]2N1C(=O)C1CC1. The van der Waals surface area contributed by atoms with Crippen molar-refractivity contribution in [2.24, 2.45) is 17.8 Å². The molecule has 3 aromatic rings. The lowest BCUT2D eigenvalue weighted by Crippen LogP contribution is -2.51. The van der Waals surface area contributed by atoms with Crippen LogP contribution in [-0.2, 0) is 22.6 Å². The van der Waals surface area contributed by atoms with Crippen molar-refractivity contribution < 1.29 is 14.7 Å². The highest BCUT2D eigenvalue weighted by Gasteiger charge is 2.58. The maximum Gasteiger partial charge on any atom is 0.258 e. The van der Waals surface area contributed by atoms with Crippen molar-refractivity contribution in [1.29, 1.82) is 0 Å². The normalized spacial score (nSPS) is 24.0. The standard InChI is InChI=1S/C28H29N5O4/c34-16-22-21-15-32-23(4-3-20(28(32)37)18-8-12-30-13-9-18)24(21)33(27(36)19-1-2-19)25(22)26(35)31-14-7-17-5-10-29-11-6-17/h3-6,8-13,19,21-22,24-25,34H,1-2,7,14-16H2,(H,31,35)/t21-,22-,24+,25-/m0/s1. The van der Waals surface area contributed by atoms with E-state index in [0.29, 0.717) is 25.1 Å².